The van der Waals surface area contributed by atoms with Crippen molar-refractivity contribution < 1.29 is 4.79 Å². The molecule has 3 rings (SSSR count). The number of aromatic nitrogens is 2. The minimum Gasteiger partial charge on any atom is -0.337 e. The summed E-state index contributed by atoms with van der Waals surface area (Å²) in [6.45, 7) is 0.571. The molecule has 2 heterocycles. The van der Waals surface area contributed by atoms with Gasteiger partial charge in [0.15, 0.2) is 0 Å². The number of hydrogen-bond acceptors (Lipinski definition) is 3. The van der Waals surface area contributed by atoms with Crippen molar-refractivity contribution in [2.75, 3.05) is 7.05 Å². The smallest absolute Gasteiger partial charge is 0.255 e. The zero-order valence-corrected chi connectivity index (χ0v) is 12.9. The van der Waals surface area contributed by atoms with Crippen LogP contribution in [0, 0.1) is 0 Å². The molecule has 0 spiro atoms. The Kier molecular flexibility index (Phi) is 4.43. The second kappa shape index (κ2) is 6.83. The van der Waals surface area contributed by atoms with Crippen LogP contribution in [0.5, 0.6) is 0 Å². The molecular weight excluding hydrogens is 286 g/mol. The summed E-state index contributed by atoms with van der Waals surface area (Å²) in [5.41, 5.74) is 3.22. The minimum atomic E-state index is -0.0473. The van der Waals surface area contributed by atoms with E-state index in [9.17, 15) is 4.79 Å². The van der Waals surface area contributed by atoms with E-state index in [0.717, 1.165) is 17.0 Å². The summed E-state index contributed by atoms with van der Waals surface area (Å²) < 4.78 is 0. The van der Waals surface area contributed by atoms with E-state index >= 15 is 0 Å². The van der Waals surface area contributed by atoms with E-state index in [1.807, 2.05) is 54.6 Å². The van der Waals surface area contributed by atoms with E-state index in [0.29, 0.717) is 12.1 Å². The van der Waals surface area contributed by atoms with Gasteiger partial charge in [-0.15, -0.1) is 0 Å². The van der Waals surface area contributed by atoms with Crippen LogP contribution in [0.2, 0.25) is 0 Å². The average molecular weight is 303 g/mol. The summed E-state index contributed by atoms with van der Waals surface area (Å²) in [4.78, 5) is 22.8. The number of nitrogens with zero attached hydrogens (tertiary/aromatic N) is 3. The largest absolute Gasteiger partial charge is 0.337 e. The van der Waals surface area contributed by atoms with Crippen molar-refractivity contribution in [3.8, 4) is 11.4 Å². The van der Waals surface area contributed by atoms with Crippen LogP contribution in [0.1, 0.15) is 15.9 Å². The number of amides is 1. The van der Waals surface area contributed by atoms with Crippen molar-refractivity contribution in [2.24, 2.45) is 0 Å². The molecule has 4 heteroatoms. The summed E-state index contributed by atoms with van der Waals surface area (Å²) in [7, 11) is 1.79. The van der Waals surface area contributed by atoms with E-state index < -0.39 is 0 Å². The zero-order chi connectivity index (χ0) is 16.1. The van der Waals surface area contributed by atoms with E-state index in [1.54, 1.807) is 30.4 Å². The van der Waals surface area contributed by atoms with Gasteiger partial charge in [-0.25, -0.2) is 0 Å². The van der Waals surface area contributed by atoms with E-state index in [-0.39, 0.29) is 5.91 Å². The first-order valence-electron chi connectivity index (χ1n) is 7.41. The maximum atomic E-state index is 12.5. The van der Waals surface area contributed by atoms with Crippen molar-refractivity contribution in [2.45, 2.75) is 6.54 Å². The van der Waals surface area contributed by atoms with Gasteiger partial charge in [0.25, 0.3) is 5.91 Å². The molecule has 3 aromatic rings. The van der Waals surface area contributed by atoms with Crippen molar-refractivity contribution in [1.82, 2.24) is 14.9 Å². The number of rotatable bonds is 4. The van der Waals surface area contributed by atoms with Crippen LogP contribution in [0.15, 0.2) is 73.1 Å². The van der Waals surface area contributed by atoms with Crippen molar-refractivity contribution in [3.63, 3.8) is 0 Å². The molecule has 0 bridgehead atoms. The highest BCUT2D eigenvalue weighted by molar-refractivity contribution is 5.93. The Balaban J connectivity index is 1.72. The maximum absolute atomic E-state index is 12.5. The predicted octanol–water partition coefficient (Wildman–Crippen LogP) is 3.42. The van der Waals surface area contributed by atoms with Gasteiger partial charge in [0.05, 0.1) is 17.0 Å². The summed E-state index contributed by atoms with van der Waals surface area (Å²) in [5, 5.41) is 0. The van der Waals surface area contributed by atoms with Crippen LogP contribution in [0.4, 0.5) is 0 Å². The van der Waals surface area contributed by atoms with Gasteiger partial charge in [-0.05, 0) is 29.8 Å². The lowest BCUT2D eigenvalue weighted by Gasteiger charge is -2.17. The van der Waals surface area contributed by atoms with E-state index in [4.69, 9.17) is 0 Å². The Morgan fingerprint density at radius 3 is 2.30 bits per heavy atom. The fourth-order valence-electron chi connectivity index (χ4n) is 2.34. The Morgan fingerprint density at radius 2 is 1.65 bits per heavy atom. The predicted molar refractivity (Wildman–Crippen MR) is 89.7 cm³/mol. The Morgan fingerprint density at radius 1 is 0.913 bits per heavy atom. The zero-order valence-electron chi connectivity index (χ0n) is 12.9. The Labute approximate surface area is 135 Å². The van der Waals surface area contributed by atoms with Crippen LogP contribution in [-0.4, -0.2) is 27.8 Å². The third-order valence-electron chi connectivity index (χ3n) is 3.55. The van der Waals surface area contributed by atoms with E-state index in [2.05, 4.69) is 9.97 Å². The quantitative estimate of drug-likeness (QED) is 0.742. The van der Waals surface area contributed by atoms with Crippen molar-refractivity contribution in [3.05, 3.63) is 84.2 Å². The third kappa shape index (κ3) is 3.61. The average Bonchev–Trinajstić information content (AvgIpc) is 2.63. The van der Waals surface area contributed by atoms with Gasteiger partial charge in [-0.3, -0.25) is 14.8 Å². The molecule has 0 aliphatic carbocycles. The second-order valence-electron chi connectivity index (χ2n) is 5.29. The van der Waals surface area contributed by atoms with Crippen LogP contribution in [0.3, 0.4) is 0 Å². The topological polar surface area (TPSA) is 46.1 Å². The highest BCUT2D eigenvalue weighted by Crippen LogP contribution is 2.15. The van der Waals surface area contributed by atoms with Gasteiger partial charge in [-0.2, -0.15) is 0 Å². The molecule has 1 aromatic carbocycles. The van der Waals surface area contributed by atoms with Crippen LogP contribution < -0.4 is 0 Å². The molecule has 0 aliphatic heterocycles. The van der Waals surface area contributed by atoms with Gasteiger partial charge in [-0.1, -0.05) is 36.4 Å². The molecule has 0 fully saturated rings. The fourth-order valence-corrected chi connectivity index (χ4v) is 2.34. The van der Waals surface area contributed by atoms with Crippen LogP contribution in [0.25, 0.3) is 11.4 Å². The van der Waals surface area contributed by atoms with E-state index in [1.165, 1.54) is 0 Å². The first kappa shape index (κ1) is 14.9. The number of benzene rings is 1. The molecule has 1 amide bonds. The van der Waals surface area contributed by atoms with Gasteiger partial charge >= 0.3 is 0 Å². The third-order valence-corrected chi connectivity index (χ3v) is 3.55. The number of carbonyl (C=O) groups excluding carboxylic acids is 1. The molecule has 0 saturated heterocycles. The van der Waals surface area contributed by atoms with Gasteiger partial charge < -0.3 is 4.90 Å². The summed E-state index contributed by atoms with van der Waals surface area (Å²) in [6, 6.07) is 19.2. The molecule has 2 aromatic heterocycles. The minimum absolute atomic E-state index is 0.0473. The molecule has 0 aliphatic rings. The van der Waals surface area contributed by atoms with Crippen LogP contribution in [-0.2, 0) is 6.54 Å². The Hall–Kier alpha value is -3.01. The number of carbonyl (C=O) groups is 1. The molecule has 23 heavy (non-hydrogen) atoms. The monoisotopic (exact) mass is 303 g/mol. The maximum Gasteiger partial charge on any atom is 0.255 e. The fraction of sp³-hybridized carbons (Fsp3) is 0.105. The number of hydrogen-bond donors (Lipinski definition) is 0. The standard InChI is InChI=1S/C19H17N3O/c1-22(14-15-7-3-2-4-8-15)19(23)16-10-11-18(21-13-16)17-9-5-6-12-20-17/h2-13H,14H2,1H3. The molecular formula is C19H17N3O. The van der Waals surface area contributed by atoms with Gasteiger partial charge in [0.1, 0.15) is 0 Å². The normalized spacial score (nSPS) is 10.3. The molecule has 0 saturated carbocycles. The van der Waals surface area contributed by atoms with Crippen LogP contribution >= 0.6 is 0 Å². The van der Waals surface area contributed by atoms with Gasteiger partial charge in [0, 0.05) is 26.0 Å². The summed E-state index contributed by atoms with van der Waals surface area (Å²) in [6.07, 6.45) is 3.33. The van der Waals surface area contributed by atoms with Crippen molar-refractivity contribution >= 4 is 5.91 Å². The lowest BCUT2D eigenvalue weighted by atomic mass is 10.1. The molecule has 4 nitrogen and oxygen atoms in total. The SMILES string of the molecule is CN(Cc1ccccc1)C(=O)c1ccc(-c2ccccn2)nc1. The molecule has 0 radical (unpaired) electrons. The lowest BCUT2D eigenvalue weighted by molar-refractivity contribution is 0.0784. The first-order chi connectivity index (χ1) is 11.2. The Bertz CT molecular complexity index is 771. The first-order valence-corrected chi connectivity index (χ1v) is 7.41. The summed E-state index contributed by atoms with van der Waals surface area (Å²) in [5.74, 6) is -0.0473. The highest BCUT2D eigenvalue weighted by atomic mass is 16.2. The lowest BCUT2D eigenvalue weighted by Crippen LogP contribution is -2.26. The molecule has 0 N–H and O–H groups in total. The summed E-state index contributed by atoms with van der Waals surface area (Å²) >= 11 is 0. The number of pyridine rings is 2. The second-order valence-corrected chi connectivity index (χ2v) is 5.29. The molecule has 0 unspecified atom stereocenters. The van der Waals surface area contributed by atoms with Crippen molar-refractivity contribution in [1.29, 1.82) is 0 Å². The highest BCUT2D eigenvalue weighted by Gasteiger charge is 2.12. The molecule has 0 atom stereocenters. The van der Waals surface area contributed by atoms with Gasteiger partial charge in [0.2, 0.25) is 0 Å². The molecule has 114 valence electrons.